The van der Waals surface area contributed by atoms with Gasteiger partial charge in [0.15, 0.2) is 0 Å². The van der Waals surface area contributed by atoms with Gasteiger partial charge < -0.3 is 5.32 Å². The van der Waals surface area contributed by atoms with Gasteiger partial charge in [0, 0.05) is 16.3 Å². The van der Waals surface area contributed by atoms with Crippen molar-refractivity contribution in [2.45, 2.75) is 44.4 Å². The molecular formula is C18H24BrNOS. The summed E-state index contributed by atoms with van der Waals surface area (Å²) in [6.45, 7) is 2.20. The first-order chi connectivity index (χ1) is 10.6. The third kappa shape index (κ3) is 4.08. The topological polar surface area (TPSA) is 29.1 Å². The summed E-state index contributed by atoms with van der Waals surface area (Å²) in [5.41, 5.74) is 1.26. The van der Waals surface area contributed by atoms with Crippen molar-refractivity contribution in [2.24, 2.45) is 17.8 Å². The number of rotatable bonds is 6. The molecule has 1 aromatic rings. The highest BCUT2D eigenvalue weighted by Crippen LogP contribution is 2.49. The number of carbonyl (C=O) groups is 1. The Kier molecular flexibility index (Phi) is 5.50. The predicted molar refractivity (Wildman–Crippen MR) is 96.8 cm³/mol. The molecule has 120 valence electrons. The number of amides is 1. The van der Waals surface area contributed by atoms with E-state index >= 15 is 0 Å². The molecule has 0 heterocycles. The second-order valence-electron chi connectivity index (χ2n) is 6.82. The Morgan fingerprint density at radius 3 is 2.95 bits per heavy atom. The van der Waals surface area contributed by atoms with Crippen molar-refractivity contribution >= 4 is 33.6 Å². The highest BCUT2D eigenvalue weighted by Gasteiger charge is 2.42. The number of thioether (sulfide) groups is 1. The molecule has 0 spiro atoms. The number of benzene rings is 1. The first-order valence-electron chi connectivity index (χ1n) is 8.23. The number of nitrogens with one attached hydrogen (secondary N) is 1. The molecule has 2 fully saturated rings. The average molecular weight is 382 g/mol. The maximum Gasteiger partial charge on any atom is 0.230 e. The highest BCUT2D eigenvalue weighted by atomic mass is 79.9. The second kappa shape index (κ2) is 7.39. The lowest BCUT2D eigenvalue weighted by Gasteiger charge is -2.28. The smallest absolute Gasteiger partial charge is 0.230 e. The summed E-state index contributed by atoms with van der Waals surface area (Å²) in [5.74, 6) is 4.16. The summed E-state index contributed by atoms with van der Waals surface area (Å²) in [7, 11) is 0. The molecule has 4 atom stereocenters. The monoisotopic (exact) mass is 381 g/mol. The third-order valence-corrected chi connectivity index (χ3v) is 6.71. The Bertz CT molecular complexity index is 536. The molecule has 0 aliphatic heterocycles. The van der Waals surface area contributed by atoms with Gasteiger partial charge in [-0.2, -0.15) is 0 Å². The highest BCUT2D eigenvalue weighted by molar-refractivity contribution is 9.10. The molecule has 2 bridgehead atoms. The van der Waals surface area contributed by atoms with Crippen LogP contribution in [0.25, 0.3) is 0 Å². The molecule has 4 heteroatoms. The van der Waals surface area contributed by atoms with Gasteiger partial charge in [0.25, 0.3) is 0 Å². The van der Waals surface area contributed by atoms with Crippen molar-refractivity contribution < 1.29 is 4.79 Å². The van der Waals surface area contributed by atoms with Crippen molar-refractivity contribution in [1.82, 2.24) is 5.32 Å². The SMILES string of the molecule is CC(NC(=O)CSCc1cccc(Br)c1)C1CC2CCC1C2. The fourth-order valence-electron chi connectivity index (χ4n) is 4.20. The molecule has 0 saturated heterocycles. The summed E-state index contributed by atoms with van der Waals surface area (Å²) in [4.78, 5) is 12.1. The third-order valence-electron chi connectivity index (χ3n) is 5.21. The fourth-order valence-corrected chi connectivity index (χ4v) is 5.43. The summed E-state index contributed by atoms with van der Waals surface area (Å²) >= 11 is 5.17. The minimum absolute atomic E-state index is 0.190. The van der Waals surface area contributed by atoms with E-state index in [1.807, 2.05) is 12.1 Å². The average Bonchev–Trinajstić information content (AvgIpc) is 3.10. The van der Waals surface area contributed by atoms with Gasteiger partial charge >= 0.3 is 0 Å². The van der Waals surface area contributed by atoms with E-state index in [1.165, 1.54) is 31.2 Å². The lowest BCUT2D eigenvalue weighted by Crippen LogP contribution is -2.40. The van der Waals surface area contributed by atoms with Gasteiger partial charge in [-0.25, -0.2) is 0 Å². The molecule has 1 N–H and O–H groups in total. The van der Waals surface area contributed by atoms with Gasteiger partial charge in [-0.3, -0.25) is 4.79 Å². The minimum atomic E-state index is 0.190. The number of hydrogen-bond acceptors (Lipinski definition) is 2. The van der Waals surface area contributed by atoms with Crippen LogP contribution in [-0.4, -0.2) is 17.7 Å². The zero-order valence-corrected chi connectivity index (χ0v) is 15.5. The van der Waals surface area contributed by atoms with Gasteiger partial charge in [-0.05, 0) is 61.6 Å². The standard InChI is InChI=1S/C18H24BrNOS/c1-12(17-9-13-5-6-15(17)7-13)20-18(21)11-22-10-14-3-2-4-16(19)8-14/h2-4,8,12-13,15,17H,5-7,9-11H2,1H3,(H,20,21). The Morgan fingerprint density at radius 1 is 1.41 bits per heavy atom. The summed E-state index contributed by atoms with van der Waals surface area (Å²) in [6.07, 6.45) is 5.54. The number of halogens is 1. The lowest BCUT2D eigenvalue weighted by atomic mass is 9.84. The van der Waals surface area contributed by atoms with Crippen LogP contribution in [0.15, 0.2) is 28.7 Å². The molecular weight excluding hydrogens is 358 g/mol. The van der Waals surface area contributed by atoms with Gasteiger partial charge in [0.05, 0.1) is 5.75 Å². The normalized spacial score (nSPS) is 27.8. The van der Waals surface area contributed by atoms with E-state index in [-0.39, 0.29) is 5.91 Å². The first-order valence-corrected chi connectivity index (χ1v) is 10.2. The van der Waals surface area contributed by atoms with E-state index < -0.39 is 0 Å². The van der Waals surface area contributed by atoms with E-state index in [0.29, 0.717) is 11.8 Å². The molecule has 1 amide bonds. The van der Waals surface area contributed by atoms with Crippen LogP contribution in [0.1, 0.15) is 38.2 Å². The molecule has 2 aliphatic carbocycles. The van der Waals surface area contributed by atoms with E-state index in [1.54, 1.807) is 11.8 Å². The van der Waals surface area contributed by atoms with Gasteiger partial charge in [-0.15, -0.1) is 11.8 Å². The Morgan fingerprint density at radius 2 is 2.27 bits per heavy atom. The predicted octanol–water partition coefficient (Wildman–Crippen LogP) is 4.62. The lowest BCUT2D eigenvalue weighted by molar-refractivity contribution is -0.119. The largest absolute Gasteiger partial charge is 0.353 e. The van der Waals surface area contributed by atoms with Crippen molar-refractivity contribution in [3.63, 3.8) is 0 Å². The molecule has 2 nitrogen and oxygen atoms in total. The van der Waals surface area contributed by atoms with Gasteiger partial charge in [0.2, 0.25) is 5.91 Å². The number of hydrogen-bond donors (Lipinski definition) is 1. The van der Waals surface area contributed by atoms with Crippen LogP contribution in [0, 0.1) is 17.8 Å². The Labute approximate surface area is 146 Å². The second-order valence-corrected chi connectivity index (χ2v) is 8.72. The number of fused-ring (bicyclic) bond motifs is 2. The Hall–Kier alpha value is -0.480. The zero-order valence-electron chi connectivity index (χ0n) is 13.1. The van der Waals surface area contributed by atoms with Crippen LogP contribution in [0.5, 0.6) is 0 Å². The van der Waals surface area contributed by atoms with Crippen LogP contribution in [0.4, 0.5) is 0 Å². The van der Waals surface area contributed by atoms with Crippen LogP contribution in [0.2, 0.25) is 0 Å². The summed E-state index contributed by atoms with van der Waals surface area (Å²) in [6, 6.07) is 8.63. The number of carbonyl (C=O) groups excluding carboxylic acids is 1. The maximum absolute atomic E-state index is 12.1. The molecule has 2 saturated carbocycles. The molecule has 3 rings (SSSR count). The van der Waals surface area contributed by atoms with Gasteiger partial charge in [-0.1, -0.05) is 34.5 Å². The molecule has 1 aromatic carbocycles. The van der Waals surface area contributed by atoms with E-state index in [0.717, 1.165) is 28.0 Å². The maximum atomic E-state index is 12.1. The Balaban J connectivity index is 1.39. The molecule has 0 aromatic heterocycles. The van der Waals surface area contributed by atoms with Gasteiger partial charge in [0.1, 0.15) is 0 Å². The zero-order chi connectivity index (χ0) is 15.5. The minimum Gasteiger partial charge on any atom is -0.353 e. The molecule has 22 heavy (non-hydrogen) atoms. The first kappa shape index (κ1) is 16.4. The van der Waals surface area contributed by atoms with Crippen LogP contribution in [-0.2, 0) is 10.5 Å². The van der Waals surface area contributed by atoms with Crippen LogP contribution in [0.3, 0.4) is 0 Å². The van der Waals surface area contributed by atoms with Crippen LogP contribution >= 0.6 is 27.7 Å². The van der Waals surface area contributed by atoms with Crippen molar-refractivity contribution in [3.8, 4) is 0 Å². The van der Waals surface area contributed by atoms with Crippen molar-refractivity contribution in [3.05, 3.63) is 34.3 Å². The van der Waals surface area contributed by atoms with E-state index in [4.69, 9.17) is 0 Å². The summed E-state index contributed by atoms with van der Waals surface area (Å²) < 4.78 is 1.10. The van der Waals surface area contributed by atoms with E-state index in [9.17, 15) is 4.79 Å². The molecule has 4 unspecified atom stereocenters. The van der Waals surface area contributed by atoms with Crippen molar-refractivity contribution in [2.75, 3.05) is 5.75 Å². The van der Waals surface area contributed by atoms with Crippen LogP contribution < -0.4 is 5.32 Å². The fraction of sp³-hybridized carbons (Fsp3) is 0.611. The van der Waals surface area contributed by atoms with Crippen molar-refractivity contribution in [1.29, 1.82) is 0 Å². The quantitative estimate of drug-likeness (QED) is 0.778. The van der Waals surface area contributed by atoms with E-state index in [2.05, 4.69) is 40.3 Å². The molecule has 0 radical (unpaired) electrons. The molecule has 2 aliphatic rings. The summed E-state index contributed by atoms with van der Waals surface area (Å²) in [5, 5.41) is 3.24.